The number of benzene rings is 9. The Morgan fingerprint density at radius 2 is 0.877 bits per heavy atom. The predicted octanol–water partition coefficient (Wildman–Crippen LogP) is 15.2. The Balaban J connectivity index is 1.13. The fraction of sp³-hybridized carbons (Fsp3) is 0. The molecule has 3 nitrogen and oxygen atoms in total. The summed E-state index contributed by atoms with van der Waals surface area (Å²) in [7, 11) is 0. The van der Waals surface area contributed by atoms with Crippen molar-refractivity contribution in [1.29, 1.82) is 0 Å². The molecule has 0 aliphatic heterocycles. The summed E-state index contributed by atoms with van der Waals surface area (Å²) in [5.41, 5.74) is 15.4. The fourth-order valence-electron chi connectivity index (χ4n) is 8.54. The average Bonchev–Trinajstić information content (AvgIpc) is 3.84. The number of anilines is 3. The van der Waals surface area contributed by atoms with E-state index < -0.39 is 0 Å². The van der Waals surface area contributed by atoms with Gasteiger partial charge in [-0.25, -0.2) is 0 Å². The molecule has 11 aromatic rings. The molecule has 0 atom stereocenters. The summed E-state index contributed by atoms with van der Waals surface area (Å²) >= 11 is 0. The topological polar surface area (TPSA) is 21.3 Å². The number of para-hydroxylation sites is 3. The van der Waals surface area contributed by atoms with Gasteiger partial charge in [0.15, 0.2) is 0 Å². The van der Waals surface area contributed by atoms with E-state index >= 15 is 0 Å². The third-order valence-corrected chi connectivity index (χ3v) is 11.2. The molecule has 2 aromatic heterocycles. The van der Waals surface area contributed by atoms with E-state index in [-0.39, 0.29) is 0 Å². The van der Waals surface area contributed by atoms with Crippen molar-refractivity contribution >= 4 is 60.8 Å². The van der Waals surface area contributed by atoms with Crippen LogP contribution >= 0.6 is 0 Å². The maximum absolute atomic E-state index is 6.87. The first kappa shape index (κ1) is 32.8. The summed E-state index contributed by atoms with van der Waals surface area (Å²) < 4.78 is 9.25. The second-order valence-electron chi connectivity index (χ2n) is 14.5. The van der Waals surface area contributed by atoms with Crippen molar-refractivity contribution < 1.29 is 4.42 Å². The third-order valence-electron chi connectivity index (χ3n) is 11.2. The van der Waals surface area contributed by atoms with Gasteiger partial charge in [0.1, 0.15) is 11.2 Å². The minimum Gasteiger partial charge on any atom is -0.455 e. The van der Waals surface area contributed by atoms with Crippen LogP contribution in [0.2, 0.25) is 0 Å². The molecular formula is C54H36N2O. The quantitative estimate of drug-likeness (QED) is 0.163. The molecule has 0 radical (unpaired) electrons. The summed E-state index contributed by atoms with van der Waals surface area (Å²) in [6.45, 7) is 0. The van der Waals surface area contributed by atoms with Gasteiger partial charge in [0.05, 0.1) is 16.4 Å². The number of hydrogen-bond donors (Lipinski definition) is 0. The first-order valence-corrected chi connectivity index (χ1v) is 19.4. The Morgan fingerprint density at radius 1 is 0.351 bits per heavy atom. The van der Waals surface area contributed by atoms with Gasteiger partial charge in [0.2, 0.25) is 0 Å². The molecule has 57 heavy (non-hydrogen) atoms. The van der Waals surface area contributed by atoms with Gasteiger partial charge in [-0.15, -0.1) is 0 Å². The van der Waals surface area contributed by atoms with E-state index in [4.69, 9.17) is 4.42 Å². The highest BCUT2D eigenvalue weighted by molar-refractivity contribution is 6.27. The van der Waals surface area contributed by atoms with Crippen LogP contribution in [0.3, 0.4) is 0 Å². The zero-order valence-corrected chi connectivity index (χ0v) is 31.1. The van der Waals surface area contributed by atoms with Crippen LogP contribution in [0.4, 0.5) is 17.1 Å². The molecule has 0 amide bonds. The summed E-state index contributed by atoms with van der Waals surface area (Å²) in [5.74, 6) is 0. The summed E-state index contributed by atoms with van der Waals surface area (Å²) in [4.78, 5) is 2.36. The van der Waals surface area contributed by atoms with Crippen molar-refractivity contribution in [2.45, 2.75) is 0 Å². The first-order valence-electron chi connectivity index (χ1n) is 19.4. The van der Waals surface area contributed by atoms with E-state index in [9.17, 15) is 0 Å². The van der Waals surface area contributed by atoms with Gasteiger partial charge in [-0.05, 0) is 100 Å². The highest BCUT2D eigenvalue weighted by Crippen LogP contribution is 2.46. The van der Waals surface area contributed by atoms with E-state index in [2.05, 4.69) is 228 Å². The Morgan fingerprint density at radius 3 is 1.53 bits per heavy atom. The Labute approximate surface area is 330 Å². The highest BCUT2D eigenvalue weighted by Gasteiger charge is 2.23. The molecule has 0 bridgehead atoms. The SMILES string of the molecule is c1ccc(-c2ccc(N(c3ccc(-c4ccccc4)cc3)c3cccc(-c4cc5c(c6ccccc6n5-c5ccccc5)c5oc6ccccc6c45)c3)cc2)cc1. The van der Waals surface area contributed by atoms with E-state index in [0.717, 1.165) is 72.2 Å². The molecule has 9 aromatic carbocycles. The Hall–Kier alpha value is -7.62. The van der Waals surface area contributed by atoms with Gasteiger partial charge in [-0.1, -0.05) is 152 Å². The van der Waals surface area contributed by atoms with Gasteiger partial charge < -0.3 is 13.9 Å². The van der Waals surface area contributed by atoms with Crippen LogP contribution in [0.15, 0.2) is 223 Å². The molecule has 0 saturated carbocycles. The van der Waals surface area contributed by atoms with E-state index in [0.29, 0.717) is 0 Å². The van der Waals surface area contributed by atoms with E-state index in [1.54, 1.807) is 0 Å². The van der Waals surface area contributed by atoms with Gasteiger partial charge >= 0.3 is 0 Å². The number of furan rings is 1. The normalized spacial score (nSPS) is 11.5. The number of fused-ring (bicyclic) bond motifs is 7. The lowest BCUT2D eigenvalue weighted by atomic mass is 9.96. The second kappa shape index (κ2) is 13.6. The van der Waals surface area contributed by atoms with Gasteiger partial charge in [0.25, 0.3) is 0 Å². The van der Waals surface area contributed by atoms with Crippen molar-refractivity contribution in [2.75, 3.05) is 4.90 Å². The minimum atomic E-state index is 0.882. The lowest BCUT2D eigenvalue weighted by Gasteiger charge is -2.26. The van der Waals surface area contributed by atoms with Crippen molar-refractivity contribution in [1.82, 2.24) is 4.57 Å². The van der Waals surface area contributed by atoms with Crippen molar-refractivity contribution in [3.8, 4) is 39.1 Å². The molecule has 0 fully saturated rings. The summed E-state index contributed by atoms with van der Waals surface area (Å²) in [5, 5.41) is 4.53. The smallest absolute Gasteiger partial charge is 0.146 e. The van der Waals surface area contributed by atoms with Gasteiger partial charge in [0, 0.05) is 38.9 Å². The van der Waals surface area contributed by atoms with Crippen molar-refractivity contribution in [2.24, 2.45) is 0 Å². The maximum atomic E-state index is 6.87. The van der Waals surface area contributed by atoms with Crippen LogP contribution in [0.1, 0.15) is 0 Å². The average molecular weight is 729 g/mol. The molecule has 268 valence electrons. The van der Waals surface area contributed by atoms with Crippen LogP contribution in [0.5, 0.6) is 0 Å². The third kappa shape index (κ3) is 5.60. The number of aromatic nitrogens is 1. The maximum Gasteiger partial charge on any atom is 0.146 e. The Bertz CT molecular complexity index is 3120. The monoisotopic (exact) mass is 728 g/mol. The molecule has 0 N–H and O–H groups in total. The minimum absolute atomic E-state index is 0.882. The molecule has 0 aliphatic rings. The van der Waals surface area contributed by atoms with Crippen LogP contribution in [-0.4, -0.2) is 4.57 Å². The van der Waals surface area contributed by atoms with Gasteiger partial charge in [-0.3, -0.25) is 0 Å². The van der Waals surface area contributed by atoms with Crippen LogP contribution < -0.4 is 4.90 Å². The standard InChI is InChI=1S/C54H36N2O/c1-4-15-37(16-5-1)39-27-31-43(32-28-39)55(44-33-29-40(30-34-44)38-17-6-2-7-18-38)45-22-14-19-41(35-45)48-36-50-53(54-52(48)47-24-11-13-26-51(47)57-54)46-23-10-12-25-49(46)56(50)42-20-8-3-9-21-42/h1-36H. The molecule has 0 aliphatic carbocycles. The lowest BCUT2D eigenvalue weighted by Crippen LogP contribution is -2.10. The zero-order valence-electron chi connectivity index (χ0n) is 31.1. The number of nitrogens with zero attached hydrogens (tertiary/aromatic N) is 2. The molecule has 0 saturated heterocycles. The first-order chi connectivity index (χ1) is 28.3. The fourth-order valence-corrected chi connectivity index (χ4v) is 8.54. The molecule has 3 heteroatoms. The predicted molar refractivity (Wildman–Crippen MR) is 239 cm³/mol. The van der Waals surface area contributed by atoms with Crippen LogP contribution in [0.25, 0.3) is 82.8 Å². The highest BCUT2D eigenvalue weighted by atomic mass is 16.3. The largest absolute Gasteiger partial charge is 0.455 e. The van der Waals surface area contributed by atoms with Crippen molar-refractivity contribution in [3.63, 3.8) is 0 Å². The van der Waals surface area contributed by atoms with Crippen molar-refractivity contribution in [3.05, 3.63) is 218 Å². The molecule has 11 rings (SSSR count). The lowest BCUT2D eigenvalue weighted by molar-refractivity contribution is 0.673. The molecule has 2 heterocycles. The van der Waals surface area contributed by atoms with E-state index in [1.807, 2.05) is 0 Å². The molecular weight excluding hydrogens is 693 g/mol. The van der Waals surface area contributed by atoms with Gasteiger partial charge in [-0.2, -0.15) is 0 Å². The molecule has 0 spiro atoms. The zero-order chi connectivity index (χ0) is 37.7. The summed E-state index contributed by atoms with van der Waals surface area (Å²) in [6.07, 6.45) is 0. The number of hydrogen-bond acceptors (Lipinski definition) is 2. The second-order valence-corrected chi connectivity index (χ2v) is 14.5. The number of rotatable bonds is 7. The molecule has 0 unspecified atom stereocenters. The van der Waals surface area contributed by atoms with Crippen LogP contribution in [-0.2, 0) is 0 Å². The van der Waals surface area contributed by atoms with Crippen LogP contribution in [0, 0.1) is 0 Å². The summed E-state index contributed by atoms with van der Waals surface area (Å²) in [6, 6.07) is 78.0. The Kier molecular flexibility index (Phi) is 7.82. The van der Waals surface area contributed by atoms with E-state index in [1.165, 1.54) is 27.6 Å².